The first kappa shape index (κ1) is 24.9. The number of alkyl halides is 2. The molecule has 0 radical (unpaired) electrons. The van der Waals surface area contributed by atoms with Gasteiger partial charge in [-0.2, -0.15) is 0 Å². The minimum Gasteiger partial charge on any atom is -0.381 e. The molecule has 3 aliphatic rings. The van der Waals surface area contributed by atoms with Crippen molar-refractivity contribution in [1.29, 1.82) is 0 Å². The number of ether oxygens (including phenoxy) is 2. The Morgan fingerprint density at radius 3 is 2.19 bits per heavy atom. The topological polar surface area (TPSA) is 50.8 Å². The highest BCUT2D eigenvalue weighted by atomic mass is 32.2. The number of hydrogen-bond donors (Lipinski definition) is 1. The summed E-state index contributed by atoms with van der Waals surface area (Å²) in [7, 11) is -0.767. The minimum absolute atomic E-state index is 0.208. The zero-order valence-corrected chi connectivity index (χ0v) is 18.3. The van der Waals surface area contributed by atoms with E-state index in [2.05, 4.69) is 4.72 Å². The van der Waals surface area contributed by atoms with Crippen molar-refractivity contribution < 1.29 is 22.5 Å². The molecule has 27 heavy (non-hydrogen) atoms. The molecule has 3 rings (SSSR count). The molecule has 1 N–H and O–H groups in total. The Hall–Kier alpha value is -0.150. The first-order valence-electron chi connectivity index (χ1n) is 10.2. The van der Waals surface area contributed by atoms with Crippen molar-refractivity contribution >= 4 is 11.0 Å². The van der Waals surface area contributed by atoms with E-state index in [1.54, 1.807) is 0 Å². The predicted octanol–water partition coefficient (Wildman–Crippen LogP) is 2.87. The summed E-state index contributed by atoms with van der Waals surface area (Å²) >= 11 is 0. The summed E-state index contributed by atoms with van der Waals surface area (Å²) in [5.41, 5.74) is 0.208. The maximum Gasteiger partial charge on any atom is 0.145 e. The van der Waals surface area contributed by atoms with Gasteiger partial charge in [-0.15, -0.1) is 0 Å². The van der Waals surface area contributed by atoms with E-state index in [-0.39, 0.29) is 24.6 Å². The summed E-state index contributed by atoms with van der Waals surface area (Å²) in [5, 5.41) is 0. The minimum atomic E-state index is -1.28. The van der Waals surface area contributed by atoms with E-state index in [0.717, 1.165) is 38.4 Å². The summed E-state index contributed by atoms with van der Waals surface area (Å²) in [6.45, 7) is 13.4. The van der Waals surface area contributed by atoms with E-state index in [9.17, 15) is 13.0 Å². The lowest BCUT2D eigenvalue weighted by Gasteiger charge is -2.26. The Morgan fingerprint density at radius 2 is 1.78 bits per heavy atom. The molecule has 4 atom stereocenters. The maximum absolute atomic E-state index is 13.0. The van der Waals surface area contributed by atoms with Crippen LogP contribution in [0.1, 0.15) is 47.5 Å². The zero-order chi connectivity index (χ0) is 20.4. The second kappa shape index (κ2) is 12.4. The molecule has 2 saturated heterocycles. The molecule has 0 bridgehead atoms. The normalized spacial score (nSPS) is 31.4. The van der Waals surface area contributed by atoms with Gasteiger partial charge in [-0.25, -0.2) is 17.7 Å². The Morgan fingerprint density at radius 1 is 1.22 bits per heavy atom. The summed E-state index contributed by atoms with van der Waals surface area (Å²) in [4.78, 5) is 1.90. The first-order chi connectivity index (χ1) is 12.8. The van der Waals surface area contributed by atoms with Crippen molar-refractivity contribution in [3.8, 4) is 0 Å². The third-order valence-corrected chi connectivity index (χ3v) is 5.97. The fourth-order valence-electron chi connectivity index (χ4n) is 2.99. The lowest BCUT2D eigenvalue weighted by atomic mass is 10.1. The highest BCUT2D eigenvalue weighted by Gasteiger charge is 2.46. The number of hydrogen-bond acceptors (Lipinski definition) is 4. The summed E-state index contributed by atoms with van der Waals surface area (Å²) in [6, 6.07) is 0.322. The molecule has 1 aliphatic carbocycles. The van der Waals surface area contributed by atoms with E-state index in [0.29, 0.717) is 12.6 Å². The fourth-order valence-corrected chi connectivity index (χ4v) is 3.85. The van der Waals surface area contributed by atoms with Crippen LogP contribution in [0.3, 0.4) is 0 Å². The van der Waals surface area contributed by atoms with Gasteiger partial charge < -0.3 is 9.47 Å². The van der Waals surface area contributed by atoms with Gasteiger partial charge in [-0.1, -0.05) is 13.8 Å². The second-order valence-corrected chi connectivity index (χ2v) is 8.83. The van der Waals surface area contributed by atoms with Gasteiger partial charge in [0, 0.05) is 31.7 Å². The molecule has 3 fully saturated rings. The van der Waals surface area contributed by atoms with Gasteiger partial charge in [-0.05, 0) is 33.6 Å². The van der Waals surface area contributed by atoms with Crippen LogP contribution in [0.5, 0.6) is 0 Å². The van der Waals surface area contributed by atoms with Gasteiger partial charge in [0.25, 0.3) is 0 Å². The largest absolute Gasteiger partial charge is 0.381 e. The molecule has 0 amide bonds. The van der Waals surface area contributed by atoms with E-state index in [1.807, 2.05) is 39.5 Å². The molecule has 2 heterocycles. The van der Waals surface area contributed by atoms with Crippen LogP contribution in [-0.2, 0) is 20.5 Å². The van der Waals surface area contributed by atoms with Crippen LogP contribution in [0.15, 0.2) is 0 Å². The smallest absolute Gasteiger partial charge is 0.145 e. The average Bonchev–Trinajstić information content (AvgIpc) is 3.30. The Kier molecular flexibility index (Phi) is 11.4. The van der Waals surface area contributed by atoms with Gasteiger partial charge in [0.05, 0.1) is 42.1 Å². The van der Waals surface area contributed by atoms with Crippen LogP contribution in [0.2, 0.25) is 0 Å². The molecule has 0 spiro atoms. The molecule has 0 aromatic rings. The molecule has 4 unspecified atom stereocenters. The monoisotopic (exact) mass is 412 g/mol. The van der Waals surface area contributed by atoms with Crippen LogP contribution < -0.4 is 4.72 Å². The van der Waals surface area contributed by atoms with Crippen LogP contribution in [0.25, 0.3) is 0 Å². The number of nitrogens with one attached hydrogen (secondary N) is 1. The summed E-state index contributed by atoms with van der Waals surface area (Å²) < 4.78 is 50.0. The zero-order valence-electron chi connectivity index (χ0n) is 17.5. The van der Waals surface area contributed by atoms with Crippen LogP contribution >= 0.6 is 0 Å². The van der Waals surface area contributed by atoms with Crippen LogP contribution in [0.4, 0.5) is 8.78 Å². The molecular weight excluding hydrogens is 374 g/mol. The van der Waals surface area contributed by atoms with Gasteiger partial charge in [0.15, 0.2) is 0 Å². The molecule has 2 aliphatic heterocycles. The molecule has 0 aromatic heterocycles. The predicted molar refractivity (Wildman–Crippen MR) is 107 cm³/mol. The highest BCUT2D eigenvalue weighted by molar-refractivity contribution is 7.84. The fraction of sp³-hybridized carbons (Fsp3) is 1.00. The molecule has 5 nitrogen and oxygen atoms in total. The van der Waals surface area contributed by atoms with Crippen molar-refractivity contribution in [2.75, 3.05) is 45.2 Å². The Bertz CT molecular complexity index is 421. The van der Waals surface area contributed by atoms with Crippen LogP contribution in [-0.4, -0.2) is 78.8 Å². The molecule has 162 valence electrons. The third-order valence-electron chi connectivity index (χ3n) is 4.67. The number of halogens is 2. The Labute approximate surface area is 166 Å². The van der Waals surface area contributed by atoms with E-state index >= 15 is 0 Å². The summed E-state index contributed by atoms with van der Waals surface area (Å²) in [6.07, 6.45) is -0.0222. The molecule has 0 aromatic carbocycles. The molecule has 1 saturated carbocycles. The van der Waals surface area contributed by atoms with Crippen molar-refractivity contribution in [2.24, 2.45) is 5.41 Å². The van der Waals surface area contributed by atoms with Gasteiger partial charge in [0.1, 0.15) is 12.3 Å². The van der Waals surface area contributed by atoms with Crippen molar-refractivity contribution in [1.82, 2.24) is 9.62 Å². The molecule has 8 heteroatoms. The second-order valence-electron chi connectivity index (χ2n) is 7.57. The average molecular weight is 413 g/mol. The number of nitrogens with zero attached hydrogens (tertiary/aromatic N) is 1. The van der Waals surface area contributed by atoms with Gasteiger partial charge in [0.2, 0.25) is 0 Å². The van der Waals surface area contributed by atoms with Gasteiger partial charge >= 0.3 is 0 Å². The number of likely N-dealkylation sites (tertiary alicyclic amines) is 1. The lowest BCUT2D eigenvalue weighted by Crippen LogP contribution is -2.51. The van der Waals surface area contributed by atoms with Gasteiger partial charge in [-0.3, -0.25) is 4.90 Å². The quantitative estimate of drug-likeness (QED) is 0.666. The SMILES string of the molecule is CC.CC(C)OCC1CS(=O)N1.CCOCC1(CN2CC(F)C(F)C2)CC1. The molecular formula is C19H38F2N2O3S. The van der Waals surface area contributed by atoms with Crippen molar-refractivity contribution in [2.45, 2.75) is 71.9 Å². The number of rotatable bonds is 8. The summed E-state index contributed by atoms with van der Waals surface area (Å²) in [5.74, 6) is 0.743. The lowest BCUT2D eigenvalue weighted by molar-refractivity contribution is 0.0667. The van der Waals surface area contributed by atoms with Crippen molar-refractivity contribution in [3.63, 3.8) is 0 Å². The highest BCUT2D eigenvalue weighted by Crippen LogP contribution is 2.47. The third kappa shape index (κ3) is 9.26. The standard InChI is InChI=1S/C11H19F2NO.C6H13NO2S.C2H6/c1-2-15-8-11(3-4-11)7-14-5-9(12)10(13)6-14;1-5(2)9-3-6-4-10(8)7-6;1-2/h9-10H,2-8H2,1H3;5-7H,3-4H2,1-2H3;1-2H3. The van der Waals surface area contributed by atoms with E-state index < -0.39 is 23.3 Å². The van der Waals surface area contributed by atoms with Crippen molar-refractivity contribution in [3.05, 3.63) is 0 Å². The van der Waals surface area contributed by atoms with E-state index in [4.69, 9.17) is 9.47 Å². The van der Waals surface area contributed by atoms with Crippen LogP contribution in [0, 0.1) is 5.41 Å². The Balaban J connectivity index is 0.000000265. The van der Waals surface area contributed by atoms with E-state index in [1.165, 1.54) is 0 Å². The maximum atomic E-state index is 13.0. The first-order valence-corrected chi connectivity index (χ1v) is 11.5.